The molecule has 0 spiro atoms. The average Bonchev–Trinajstić information content (AvgIpc) is 2.27. The Kier molecular flexibility index (Phi) is 3.89. The van der Waals surface area contributed by atoms with E-state index in [1.54, 1.807) is 6.07 Å². The summed E-state index contributed by atoms with van der Waals surface area (Å²) in [5.41, 5.74) is 0.884. The van der Waals surface area contributed by atoms with E-state index < -0.39 is 0 Å². The monoisotopic (exact) mass is 256 g/mol. The summed E-state index contributed by atoms with van der Waals surface area (Å²) in [6.45, 7) is 6.11. The number of hydrogen-bond donors (Lipinski definition) is 1. The van der Waals surface area contributed by atoms with Crippen LogP contribution in [0.5, 0.6) is 0 Å². The lowest BCUT2D eigenvalue weighted by Gasteiger charge is -2.40. The maximum Gasteiger partial charge on any atom is 0.126 e. The molecule has 0 aliphatic carbocycles. The number of anilines is 1. The van der Waals surface area contributed by atoms with Crippen LogP contribution in [0.1, 0.15) is 20.3 Å². The molecule has 17 heavy (non-hydrogen) atoms. The third kappa shape index (κ3) is 2.90. The van der Waals surface area contributed by atoms with Gasteiger partial charge in [0.2, 0.25) is 0 Å². The molecule has 1 heterocycles. The zero-order valence-electron chi connectivity index (χ0n) is 10.2. The van der Waals surface area contributed by atoms with Gasteiger partial charge in [-0.2, -0.15) is 0 Å². The smallest absolute Gasteiger partial charge is 0.126 e. The largest absolute Gasteiger partial charge is 0.366 e. The van der Waals surface area contributed by atoms with Gasteiger partial charge >= 0.3 is 0 Å². The number of rotatable bonds is 2. The van der Waals surface area contributed by atoms with Crippen LogP contribution in [-0.2, 0) is 0 Å². The normalized spacial score (nSPS) is 25.1. The van der Waals surface area contributed by atoms with Crippen molar-refractivity contribution in [2.75, 3.05) is 18.0 Å². The standard InChI is InChI=1S/C13H18ClFN2/c1-3-12-7-16-9(2)8-17(12)13-5-10(14)4-11(15)6-13/h4-6,9,12,16H,3,7-8H2,1-2H3. The van der Waals surface area contributed by atoms with Crippen LogP contribution in [-0.4, -0.2) is 25.2 Å². The number of benzene rings is 1. The van der Waals surface area contributed by atoms with Crippen LogP contribution in [0.4, 0.5) is 10.1 Å². The Hall–Kier alpha value is -0.800. The fourth-order valence-electron chi connectivity index (χ4n) is 2.34. The molecular formula is C13H18ClFN2. The fourth-order valence-corrected chi connectivity index (χ4v) is 2.56. The summed E-state index contributed by atoms with van der Waals surface area (Å²) in [5, 5.41) is 3.90. The van der Waals surface area contributed by atoms with Gasteiger partial charge in [0.1, 0.15) is 5.82 Å². The van der Waals surface area contributed by atoms with Crippen molar-refractivity contribution in [2.45, 2.75) is 32.4 Å². The van der Waals surface area contributed by atoms with Crippen LogP contribution >= 0.6 is 11.6 Å². The molecule has 0 radical (unpaired) electrons. The van der Waals surface area contributed by atoms with E-state index in [-0.39, 0.29) is 5.82 Å². The Bertz CT molecular complexity index is 377. The topological polar surface area (TPSA) is 15.3 Å². The summed E-state index contributed by atoms with van der Waals surface area (Å²) in [7, 11) is 0. The molecule has 1 aliphatic heterocycles. The molecule has 2 rings (SSSR count). The Morgan fingerprint density at radius 3 is 2.88 bits per heavy atom. The van der Waals surface area contributed by atoms with Crippen LogP contribution in [0.15, 0.2) is 18.2 Å². The summed E-state index contributed by atoms with van der Waals surface area (Å²) < 4.78 is 13.4. The third-order valence-electron chi connectivity index (χ3n) is 3.26. The first-order chi connectivity index (χ1) is 8.10. The first kappa shape index (κ1) is 12.7. The first-order valence-corrected chi connectivity index (χ1v) is 6.44. The van der Waals surface area contributed by atoms with Gasteiger partial charge in [-0.3, -0.25) is 0 Å². The lowest BCUT2D eigenvalue weighted by molar-refractivity contribution is 0.402. The summed E-state index contributed by atoms with van der Waals surface area (Å²) in [6, 6.07) is 5.57. The van der Waals surface area contributed by atoms with E-state index in [0.29, 0.717) is 17.1 Å². The highest BCUT2D eigenvalue weighted by Gasteiger charge is 2.25. The second-order valence-electron chi connectivity index (χ2n) is 4.65. The minimum absolute atomic E-state index is 0.270. The van der Waals surface area contributed by atoms with E-state index in [0.717, 1.165) is 25.2 Å². The van der Waals surface area contributed by atoms with E-state index in [1.165, 1.54) is 6.07 Å². The van der Waals surface area contributed by atoms with E-state index in [2.05, 4.69) is 24.1 Å². The van der Waals surface area contributed by atoms with Gasteiger partial charge in [-0.15, -0.1) is 0 Å². The molecule has 4 heteroatoms. The summed E-state index contributed by atoms with van der Waals surface area (Å²) in [5.74, 6) is -0.270. The quantitative estimate of drug-likeness (QED) is 0.875. The summed E-state index contributed by atoms with van der Waals surface area (Å²) >= 11 is 5.91. The van der Waals surface area contributed by atoms with E-state index in [9.17, 15) is 4.39 Å². The minimum atomic E-state index is -0.270. The Morgan fingerprint density at radius 2 is 2.24 bits per heavy atom. The molecule has 1 N–H and O–H groups in total. The molecule has 1 saturated heterocycles. The van der Waals surface area contributed by atoms with E-state index in [4.69, 9.17) is 11.6 Å². The minimum Gasteiger partial charge on any atom is -0.366 e. The molecule has 1 aromatic carbocycles. The number of hydrogen-bond acceptors (Lipinski definition) is 2. The maximum absolute atomic E-state index is 13.4. The molecule has 2 nitrogen and oxygen atoms in total. The molecule has 1 aromatic rings. The molecule has 2 atom stereocenters. The number of nitrogens with zero attached hydrogens (tertiary/aromatic N) is 1. The van der Waals surface area contributed by atoms with Crippen molar-refractivity contribution in [1.29, 1.82) is 0 Å². The predicted molar refractivity (Wildman–Crippen MR) is 70.3 cm³/mol. The third-order valence-corrected chi connectivity index (χ3v) is 3.48. The van der Waals surface area contributed by atoms with Crippen LogP contribution < -0.4 is 10.2 Å². The zero-order chi connectivity index (χ0) is 12.4. The molecule has 0 saturated carbocycles. The lowest BCUT2D eigenvalue weighted by Crippen LogP contribution is -2.55. The van der Waals surface area contributed by atoms with Gasteiger partial charge < -0.3 is 10.2 Å². The number of halogens is 2. The van der Waals surface area contributed by atoms with Gasteiger partial charge in [0, 0.05) is 35.9 Å². The van der Waals surface area contributed by atoms with Gasteiger partial charge in [-0.1, -0.05) is 18.5 Å². The molecular weight excluding hydrogens is 239 g/mol. The Balaban J connectivity index is 2.28. The zero-order valence-corrected chi connectivity index (χ0v) is 11.0. The van der Waals surface area contributed by atoms with Crippen LogP contribution in [0, 0.1) is 5.82 Å². The molecule has 1 fully saturated rings. The first-order valence-electron chi connectivity index (χ1n) is 6.06. The fraction of sp³-hybridized carbons (Fsp3) is 0.538. The molecule has 0 bridgehead atoms. The van der Waals surface area contributed by atoms with Gasteiger partial charge in [0.05, 0.1) is 0 Å². The molecule has 1 aliphatic rings. The predicted octanol–water partition coefficient (Wildman–Crippen LogP) is 3.06. The molecule has 0 aromatic heterocycles. The van der Waals surface area contributed by atoms with Gasteiger partial charge in [0.25, 0.3) is 0 Å². The highest BCUT2D eigenvalue weighted by molar-refractivity contribution is 6.30. The Morgan fingerprint density at radius 1 is 1.47 bits per heavy atom. The number of nitrogens with one attached hydrogen (secondary N) is 1. The van der Waals surface area contributed by atoms with Gasteiger partial charge in [0.15, 0.2) is 0 Å². The highest BCUT2D eigenvalue weighted by Crippen LogP contribution is 2.25. The summed E-state index contributed by atoms with van der Waals surface area (Å²) in [4.78, 5) is 2.25. The molecule has 94 valence electrons. The van der Waals surface area contributed by atoms with Crippen molar-refractivity contribution >= 4 is 17.3 Å². The highest BCUT2D eigenvalue weighted by atomic mass is 35.5. The second kappa shape index (κ2) is 5.23. The SMILES string of the molecule is CCC1CNC(C)CN1c1cc(F)cc(Cl)c1. The van der Waals surface area contributed by atoms with Crippen molar-refractivity contribution in [3.63, 3.8) is 0 Å². The van der Waals surface area contributed by atoms with Crippen LogP contribution in [0.2, 0.25) is 5.02 Å². The van der Waals surface area contributed by atoms with Crippen molar-refractivity contribution in [3.05, 3.63) is 29.0 Å². The molecule has 0 amide bonds. The lowest BCUT2D eigenvalue weighted by atomic mass is 10.1. The Labute approximate surface area is 107 Å². The van der Waals surface area contributed by atoms with Crippen molar-refractivity contribution in [2.24, 2.45) is 0 Å². The van der Waals surface area contributed by atoms with Crippen LogP contribution in [0.25, 0.3) is 0 Å². The van der Waals surface area contributed by atoms with Gasteiger partial charge in [-0.05, 0) is 31.5 Å². The van der Waals surface area contributed by atoms with Crippen LogP contribution in [0.3, 0.4) is 0 Å². The van der Waals surface area contributed by atoms with E-state index >= 15 is 0 Å². The average molecular weight is 257 g/mol. The van der Waals surface area contributed by atoms with E-state index in [1.807, 2.05) is 6.07 Å². The van der Waals surface area contributed by atoms with Crippen molar-refractivity contribution < 1.29 is 4.39 Å². The van der Waals surface area contributed by atoms with Crippen molar-refractivity contribution in [3.8, 4) is 0 Å². The second-order valence-corrected chi connectivity index (χ2v) is 5.09. The summed E-state index contributed by atoms with van der Waals surface area (Å²) in [6.07, 6.45) is 1.04. The van der Waals surface area contributed by atoms with Gasteiger partial charge in [-0.25, -0.2) is 4.39 Å². The van der Waals surface area contributed by atoms with Crippen molar-refractivity contribution in [1.82, 2.24) is 5.32 Å². The molecule has 2 unspecified atom stereocenters. The number of piperazine rings is 1. The maximum atomic E-state index is 13.4.